The van der Waals surface area contributed by atoms with Crippen LogP contribution in [0.4, 0.5) is 5.69 Å². The summed E-state index contributed by atoms with van der Waals surface area (Å²) in [4.78, 5) is 12.9. The summed E-state index contributed by atoms with van der Waals surface area (Å²) in [5.74, 6) is 1.01. The van der Waals surface area contributed by atoms with Gasteiger partial charge in [-0.05, 0) is 87.7 Å². The van der Waals surface area contributed by atoms with Gasteiger partial charge in [0.1, 0.15) is 18.0 Å². The quantitative estimate of drug-likeness (QED) is 0.356. The van der Waals surface area contributed by atoms with Gasteiger partial charge in [0.25, 0.3) is 10.0 Å². The lowest BCUT2D eigenvalue weighted by atomic mass is 10.1. The second kappa shape index (κ2) is 12.4. The van der Waals surface area contributed by atoms with E-state index in [1.165, 1.54) is 19.2 Å². The third kappa shape index (κ3) is 7.49. The number of anilines is 1. The minimum Gasteiger partial charge on any atom is -0.497 e. The average molecular weight is 511 g/mol. The molecular formula is C28H34N2O5S. The van der Waals surface area contributed by atoms with Crippen LogP contribution < -0.4 is 19.1 Å². The summed E-state index contributed by atoms with van der Waals surface area (Å²) in [6.07, 6.45) is 1.64. The average Bonchev–Trinajstić information content (AvgIpc) is 2.86. The van der Waals surface area contributed by atoms with E-state index in [0.717, 1.165) is 34.0 Å². The second-order valence-electron chi connectivity index (χ2n) is 8.79. The van der Waals surface area contributed by atoms with Crippen molar-refractivity contribution in [3.8, 4) is 11.5 Å². The molecule has 0 aliphatic rings. The monoisotopic (exact) mass is 510 g/mol. The predicted molar refractivity (Wildman–Crippen MR) is 142 cm³/mol. The molecule has 0 bridgehead atoms. The molecule has 192 valence electrons. The third-order valence-electron chi connectivity index (χ3n) is 5.52. The van der Waals surface area contributed by atoms with Crippen LogP contribution in [0.2, 0.25) is 0 Å². The second-order valence-corrected chi connectivity index (χ2v) is 10.6. The number of nitrogens with one attached hydrogen (secondary N) is 1. The van der Waals surface area contributed by atoms with Gasteiger partial charge in [0.15, 0.2) is 0 Å². The predicted octanol–water partition coefficient (Wildman–Crippen LogP) is 4.74. The lowest BCUT2D eigenvalue weighted by Gasteiger charge is -2.24. The van der Waals surface area contributed by atoms with E-state index >= 15 is 0 Å². The van der Waals surface area contributed by atoms with Gasteiger partial charge in [0.05, 0.1) is 23.8 Å². The maximum absolute atomic E-state index is 13.5. The molecule has 1 N–H and O–H groups in total. The minimum atomic E-state index is -3.97. The zero-order valence-electron chi connectivity index (χ0n) is 21.2. The molecule has 36 heavy (non-hydrogen) atoms. The van der Waals surface area contributed by atoms with Crippen LogP contribution in [-0.4, -0.2) is 40.6 Å². The molecular weight excluding hydrogens is 476 g/mol. The molecule has 8 heteroatoms. The Balaban J connectivity index is 1.64. The zero-order chi connectivity index (χ0) is 26.1. The van der Waals surface area contributed by atoms with E-state index in [0.29, 0.717) is 18.0 Å². The number of aryl methyl sites for hydroxylation is 2. The molecule has 3 aromatic rings. The van der Waals surface area contributed by atoms with E-state index in [1.54, 1.807) is 24.3 Å². The first-order chi connectivity index (χ1) is 17.2. The first kappa shape index (κ1) is 27.1. The van der Waals surface area contributed by atoms with Crippen LogP contribution in [0.1, 0.15) is 31.4 Å². The number of hydrogen-bond donors (Lipinski definition) is 1. The van der Waals surface area contributed by atoms with Crippen LogP contribution in [0, 0.1) is 6.92 Å². The van der Waals surface area contributed by atoms with E-state index in [-0.39, 0.29) is 23.5 Å². The number of carbonyl (C=O) groups is 1. The van der Waals surface area contributed by atoms with Gasteiger partial charge in [-0.15, -0.1) is 0 Å². The maximum Gasteiger partial charge on any atom is 0.264 e. The fraction of sp³-hybridized carbons (Fsp3) is 0.321. The Morgan fingerprint density at radius 2 is 1.53 bits per heavy atom. The molecule has 0 atom stereocenters. The summed E-state index contributed by atoms with van der Waals surface area (Å²) >= 11 is 0. The summed E-state index contributed by atoms with van der Waals surface area (Å²) in [6, 6.07) is 21.1. The number of sulfonamides is 1. The third-order valence-corrected chi connectivity index (χ3v) is 7.30. The number of hydrogen-bond acceptors (Lipinski definition) is 5. The van der Waals surface area contributed by atoms with Gasteiger partial charge < -0.3 is 14.8 Å². The molecule has 0 aliphatic heterocycles. The summed E-state index contributed by atoms with van der Waals surface area (Å²) in [6.45, 7) is 6.01. The van der Waals surface area contributed by atoms with Crippen molar-refractivity contribution in [1.82, 2.24) is 5.32 Å². The van der Waals surface area contributed by atoms with Crippen LogP contribution in [0.3, 0.4) is 0 Å². The molecule has 0 saturated heterocycles. The molecule has 0 spiro atoms. The molecule has 0 unspecified atom stereocenters. The number of carbonyl (C=O) groups excluding carboxylic acids is 1. The van der Waals surface area contributed by atoms with Gasteiger partial charge in [-0.25, -0.2) is 8.42 Å². The largest absolute Gasteiger partial charge is 0.497 e. The van der Waals surface area contributed by atoms with Crippen molar-refractivity contribution in [3.63, 3.8) is 0 Å². The van der Waals surface area contributed by atoms with Crippen molar-refractivity contribution in [2.75, 3.05) is 24.5 Å². The SMILES string of the molecule is COc1ccc(S(=O)(=O)N(CC(=O)NCCCc2ccc(OC(C)C)cc2)c2ccc(C)cc2)cc1. The fourth-order valence-corrected chi connectivity index (χ4v) is 5.04. The number of amides is 1. The topological polar surface area (TPSA) is 84.9 Å². The van der Waals surface area contributed by atoms with E-state index < -0.39 is 10.0 Å². The Morgan fingerprint density at radius 3 is 2.11 bits per heavy atom. The fourth-order valence-electron chi connectivity index (χ4n) is 3.61. The van der Waals surface area contributed by atoms with Crippen molar-refractivity contribution >= 4 is 21.6 Å². The van der Waals surface area contributed by atoms with E-state index in [4.69, 9.17) is 9.47 Å². The lowest BCUT2D eigenvalue weighted by molar-refractivity contribution is -0.119. The smallest absolute Gasteiger partial charge is 0.264 e. The first-order valence-corrected chi connectivity index (χ1v) is 13.4. The van der Waals surface area contributed by atoms with Gasteiger partial charge in [-0.1, -0.05) is 29.8 Å². The molecule has 3 rings (SSSR count). The van der Waals surface area contributed by atoms with E-state index in [9.17, 15) is 13.2 Å². The van der Waals surface area contributed by atoms with Crippen molar-refractivity contribution in [2.45, 2.75) is 44.6 Å². The van der Waals surface area contributed by atoms with Crippen LogP contribution in [0.15, 0.2) is 77.7 Å². The van der Waals surface area contributed by atoms with Gasteiger partial charge in [-0.3, -0.25) is 9.10 Å². The number of benzene rings is 3. The Labute approximate surface area is 214 Å². The van der Waals surface area contributed by atoms with Gasteiger partial charge in [0, 0.05) is 6.54 Å². The van der Waals surface area contributed by atoms with E-state index in [1.807, 2.05) is 57.2 Å². The first-order valence-electron chi connectivity index (χ1n) is 11.9. The van der Waals surface area contributed by atoms with Crippen LogP contribution >= 0.6 is 0 Å². The molecule has 3 aromatic carbocycles. The van der Waals surface area contributed by atoms with Crippen LogP contribution in [0.25, 0.3) is 0 Å². The van der Waals surface area contributed by atoms with Crippen LogP contribution in [-0.2, 0) is 21.2 Å². The highest BCUT2D eigenvalue weighted by molar-refractivity contribution is 7.92. The normalized spacial score (nSPS) is 11.2. The number of ether oxygens (including phenoxy) is 2. The lowest BCUT2D eigenvalue weighted by Crippen LogP contribution is -2.41. The summed E-state index contributed by atoms with van der Waals surface area (Å²) in [5, 5.41) is 2.85. The molecule has 0 fully saturated rings. The standard InChI is InChI=1S/C28H34N2O5S/c1-21(2)35-26-13-9-23(10-14-26)6-5-19-29-28(31)20-30(24-11-7-22(3)8-12-24)36(32,33)27-17-15-25(34-4)16-18-27/h7-18,21H,5-6,19-20H2,1-4H3,(H,29,31). The number of nitrogens with zero attached hydrogens (tertiary/aromatic N) is 1. The highest BCUT2D eigenvalue weighted by atomic mass is 32.2. The Hall–Kier alpha value is -3.52. The molecule has 0 heterocycles. The highest BCUT2D eigenvalue weighted by Gasteiger charge is 2.27. The van der Waals surface area contributed by atoms with Crippen molar-refractivity contribution in [3.05, 3.63) is 83.9 Å². The van der Waals surface area contributed by atoms with Gasteiger partial charge in [-0.2, -0.15) is 0 Å². The molecule has 0 aliphatic carbocycles. The highest BCUT2D eigenvalue weighted by Crippen LogP contribution is 2.25. The number of methoxy groups -OCH3 is 1. The van der Waals surface area contributed by atoms with Crippen molar-refractivity contribution in [2.24, 2.45) is 0 Å². The van der Waals surface area contributed by atoms with E-state index in [2.05, 4.69) is 5.32 Å². The summed E-state index contributed by atoms with van der Waals surface area (Å²) < 4.78 is 38.8. The number of rotatable bonds is 12. The Morgan fingerprint density at radius 1 is 0.917 bits per heavy atom. The molecule has 0 radical (unpaired) electrons. The summed E-state index contributed by atoms with van der Waals surface area (Å²) in [5.41, 5.74) is 2.56. The molecule has 1 amide bonds. The Kier molecular flexibility index (Phi) is 9.36. The van der Waals surface area contributed by atoms with Gasteiger partial charge in [0.2, 0.25) is 5.91 Å². The van der Waals surface area contributed by atoms with Gasteiger partial charge >= 0.3 is 0 Å². The zero-order valence-corrected chi connectivity index (χ0v) is 22.0. The van der Waals surface area contributed by atoms with Crippen molar-refractivity contribution in [1.29, 1.82) is 0 Å². The Bertz CT molecular complexity index is 1220. The van der Waals surface area contributed by atoms with Crippen LogP contribution in [0.5, 0.6) is 11.5 Å². The minimum absolute atomic E-state index is 0.0848. The maximum atomic E-state index is 13.5. The van der Waals surface area contributed by atoms with Crippen molar-refractivity contribution < 1.29 is 22.7 Å². The molecule has 7 nitrogen and oxygen atoms in total. The molecule has 0 aromatic heterocycles. The summed E-state index contributed by atoms with van der Waals surface area (Å²) in [7, 11) is -2.45. The molecule has 0 saturated carbocycles.